The number of aromatic nitrogens is 1. The molecule has 2 rings (SSSR count). The molecule has 0 aliphatic rings. The number of nitrogen functional groups attached to an aromatic ring is 1. The first-order chi connectivity index (χ1) is 9.58. The molecule has 106 valence electrons. The molecule has 1 heterocycles. The van der Waals surface area contributed by atoms with Crippen LogP contribution in [0.25, 0.3) is 0 Å². The molecule has 1 aromatic heterocycles. The van der Waals surface area contributed by atoms with E-state index < -0.39 is 0 Å². The second kappa shape index (κ2) is 6.59. The third-order valence-electron chi connectivity index (χ3n) is 2.92. The first-order valence-corrected chi connectivity index (χ1v) is 6.68. The van der Waals surface area contributed by atoms with Crippen LogP contribution in [0.2, 0.25) is 5.15 Å². The lowest BCUT2D eigenvalue weighted by molar-refractivity contribution is 0.119. The van der Waals surface area contributed by atoms with Crippen molar-refractivity contribution in [3.05, 3.63) is 47.1 Å². The summed E-state index contributed by atoms with van der Waals surface area (Å²) < 4.78 is 10.9. The molecule has 0 fully saturated rings. The van der Waals surface area contributed by atoms with Crippen molar-refractivity contribution in [2.45, 2.75) is 19.4 Å². The summed E-state index contributed by atoms with van der Waals surface area (Å²) in [6.45, 7) is 2.03. The Labute approximate surface area is 123 Å². The van der Waals surface area contributed by atoms with Crippen LogP contribution in [-0.4, -0.2) is 18.2 Å². The van der Waals surface area contributed by atoms with Gasteiger partial charge in [0.25, 0.3) is 0 Å². The first kappa shape index (κ1) is 14.6. The lowest BCUT2D eigenvalue weighted by Crippen LogP contribution is -2.08. The minimum Gasteiger partial charge on any atom is -0.437 e. The van der Waals surface area contributed by atoms with Crippen LogP contribution in [0.4, 0.5) is 5.69 Å². The number of methoxy groups -OCH3 is 1. The van der Waals surface area contributed by atoms with Crippen LogP contribution in [0, 0.1) is 0 Å². The van der Waals surface area contributed by atoms with E-state index in [-0.39, 0.29) is 6.10 Å². The fraction of sp³-hybridized carbons (Fsp3) is 0.267. The molecule has 2 N–H and O–H groups in total. The molecule has 0 aliphatic heterocycles. The Morgan fingerprint density at radius 3 is 2.55 bits per heavy atom. The summed E-state index contributed by atoms with van der Waals surface area (Å²) in [6, 6.07) is 11.0. The number of benzene rings is 1. The van der Waals surface area contributed by atoms with Crippen LogP contribution in [0.5, 0.6) is 11.6 Å². The molecule has 1 aromatic carbocycles. The standard InChI is InChI=1S/C15H17ClN2O2/c1-10(19-2)9-11-3-5-12(6-4-11)20-15-13(17)7-8-14(16)18-15/h3-8,10H,9,17H2,1-2H3. The highest BCUT2D eigenvalue weighted by Crippen LogP contribution is 2.27. The molecule has 0 spiro atoms. The number of hydrogen-bond donors (Lipinski definition) is 1. The molecule has 0 saturated heterocycles. The average Bonchev–Trinajstić information content (AvgIpc) is 2.45. The van der Waals surface area contributed by atoms with Crippen molar-refractivity contribution in [3.8, 4) is 11.6 Å². The van der Waals surface area contributed by atoms with Gasteiger partial charge in [-0.15, -0.1) is 0 Å². The molecule has 4 nitrogen and oxygen atoms in total. The molecule has 0 aliphatic carbocycles. The highest BCUT2D eigenvalue weighted by Gasteiger charge is 2.06. The molecule has 0 radical (unpaired) electrons. The Balaban J connectivity index is 2.09. The zero-order valence-corrected chi connectivity index (χ0v) is 12.2. The second-order valence-corrected chi connectivity index (χ2v) is 4.91. The first-order valence-electron chi connectivity index (χ1n) is 6.30. The van der Waals surface area contributed by atoms with Gasteiger partial charge in [0.05, 0.1) is 11.8 Å². The van der Waals surface area contributed by atoms with E-state index in [0.29, 0.717) is 22.5 Å². The van der Waals surface area contributed by atoms with Gasteiger partial charge >= 0.3 is 0 Å². The molecule has 2 aromatic rings. The van der Waals surface area contributed by atoms with Crippen molar-refractivity contribution in [3.63, 3.8) is 0 Å². The van der Waals surface area contributed by atoms with Gasteiger partial charge in [-0.2, -0.15) is 4.98 Å². The number of hydrogen-bond acceptors (Lipinski definition) is 4. The molecule has 0 saturated carbocycles. The van der Waals surface area contributed by atoms with E-state index in [0.717, 1.165) is 6.42 Å². The maximum absolute atomic E-state index is 5.82. The highest BCUT2D eigenvalue weighted by molar-refractivity contribution is 6.29. The van der Waals surface area contributed by atoms with Gasteiger partial charge in [0.1, 0.15) is 10.9 Å². The summed E-state index contributed by atoms with van der Waals surface area (Å²) in [7, 11) is 1.70. The molecular weight excluding hydrogens is 276 g/mol. The van der Waals surface area contributed by atoms with E-state index in [4.69, 9.17) is 26.8 Å². The maximum Gasteiger partial charge on any atom is 0.244 e. The molecular formula is C15H17ClN2O2. The van der Waals surface area contributed by atoms with Gasteiger partial charge in [-0.1, -0.05) is 23.7 Å². The van der Waals surface area contributed by atoms with Gasteiger partial charge in [-0.25, -0.2) is 0 Å². The van der Waals surface area contributed by atoms with Crippen LogP contribution in [0.1, 0.15) is 12.5 Å². The smallest absolute Gasteiger partial charge is 0.244 e. The second-order valence-electron chi connectivity index (χ2n) is 4.52. The van der Waals surface area contributed by atoms with Crippen molar-refractivity contribution < 1.29 is 9.47 Å². The van der Waals surface area contributed by atoms with Gasteiger partial charge < -0.3 is 15.2 Å². The zero-order valence-electron chi connectivity index (χ0n) is 11.5. The predicted octanol–water partition coefficient (Wildman–Crippen LogP) is 3.69. The van der Waals surface area contributed by atoms with Gasteiger partial charge in [-0.05, 0) is 43.2 Å². The average molecular weight is 293 g/mol. The summed E-state index contributed by atoms with van der Waals surface area (Å²) in [5.41, 5.74) is 7.42. The fourth-order valence-corrected chi connectivity index (χ4v) is 1.87. The molecule has 1 atom stereocenters. The van der Waals surface area contributed by atoms with E-state index in [1.807, 2.05) is 31.2 Å². The van der Waals surface area contributed by atoms with Gasteiger partial charge in [0, 0.05) is 7.11 Å². The van der Waals surface area contributed by atoms with Crippen LogP contribution in [-0.2, 0) is 11.2 Å². The quantitative estimate of drug-likeness (QED) is 0.854. The minimum absolute atomic E-state index is 0.187. The highest BCUT2D eigenvalue weighted by atomic mass is 35.5. The lowest BCUT2D eigenvalue weighted by atomic mass is 10.1. The third-order valence-corrected chi connectivity index (χ3v) is 3.13. The molecule has 0 amide bonds. The Hall–Kier alpha value is -1.78. The van der Waals surface area contributed by atoms with Crippen LogP contribution in [0.3, 0.4) is 0 Å². The Kier molecular flexibility index (Phi) is 4.82. The number of anilines is 1. The van der Waals surface area contributed by atoms with Crippen LogP contribution < -0.4 is 10.5 Å². The summed E-state index contributed by atoms with van der Waals surface area (Å²) >= 11 is 5.82. The number of rotatable bonds is 5. The molecule has 1 unspecified atom stereocenters. The van der Waals surface area contributed by atoms with Crippen molar-refractivity contribution in [2.75, 3.05) is 12.8 Å². The van der Waals surface area contributed by atoms with Crippen molar-refractivity contribution in [1.82, 2.24) is 4.98 Å². The summed E-state index contributed by atoms with van der Waals surface area (Å²) in [5, 5.41) is 0.347. The Morgan fingerprint density at radius 2 is 1.90 bits per heavy atom. The van der Waals surface area contributed by atoms with Crippen molar-refractivity contribution in [1.29, 1.82) is 0 Å². The van der Waals surface area contributed by atoms with Gasteiger partial charge in [0.2, 0.25) is 5.88 Å². The van der Waals surface area contributed by atoms with Crippen molar-refractivity contribution >= 4 is 17.3 Å². The number of pyridine rings is 1. The topological polar surface area (TPSA) is 57.4 Å². The summed E-state index contributed by atoms with van der Waals surface area (Å²) in [5.74, 6) is 0.982. The molecule has 0 bridgehead atoms. The van der Waals surface area contributed by atoms with E-state index in [2.05, 4.69) is 4.98 Å². The van der Waals surface area contributed by atoms with E-state index >= 15 is 0 Å². The summed E-state index contributed by atoms with van der Waals surface area (Å²) in [4.78, 5) is 4.05. The minimum atomic E-state index is 0.187. The largest absolute Gasteiger partial charge is 0.437 e. The Morgan fingerprint density at radius 1 is 1.20 bits per heavy atom. The van der Waals surface area contributed by atoms with Crippen LogP contribution >= 0.6 is 11.6 Å². The van der Waals surface area contributed by atoms with E-state index in [9.17, 15) is 0 Å². The number of ether oxygens (including phenoxy) is 2. The zero-order chi connectivity index (χ0) is 14.5. The van der Waals surface area contributed by atoms with E-state index in [1.165, 1.54) is 5.56 Å². The SMILES string of the molecule is COC(C)Cc1ccc(Oc2nc(Cl)ccc2N)cc1. The predicted molar refractivity (Wildman–Crippen MR) is 80.4 cm³/mol. The van der Waals surface area contributed by atoms with Crippen molar-refractivity contribution in [2.24, 2.45) is 0 Å². The third kappa shape index (κ3) is 3.85. The fourth-order valence-electron chi connectivity index (χ4n) is 1.73. The van der Waals surface area contributed by atoms with Gasteiger partial charge in [-0.3, -0.25) is 0 Å². The number of nitrogens with zero attached hydrogens (tertiary/aromatic N) is 1. The molecule has 5 heteroatoms. The number of nitrogens with two attached hydrogens (primary N) is 1. The maximum atomic E-state index is 5.82. The van der Waals surface area contributed by atoms with Gasteiger partial charge in [0.15, 0.2) is 0 Å². The van der Waals surface area contributed by atoms with Crippen LogP contribution in [0.15, 0.2) is 36.4 Å². The van der Waals surface area contributed by atoms with E-state index in [1.54, 1.807) is 19.2 Å². The summed E-state index contributed by atoms with van der Waals surface area (Å²) in [6.07, 6.45) is 1.04. The Bertz CT molecular complexity index is 573. The normalized spacial score (nSPS) is 12.2. The molecule has 20 heavy (non-hydrogen) atoms. The monoisotopic (exact) mass is 292 g/mol. The lowest BCUT2D eigenvalue weighted by Gasteiger charge is -2.11. The number of halogens is 1.